The number of hydrogen-bond acceptors (Lipinski definition) is 3. The molecule has 2 fully saturated rings. The van der Waals surface area contributed by atoms with Gasteiger partial charge in [0.1, 0.15) is 5.54 Å². The van der Waals surface area contributed by atoms with Crippen LogP contribution in [0.1, 0.15) is 26.2 Å². The molecule has 1 unspecified atom stereocenters. The number of carbonyl (C=O) groups excluding carboxylic acids is 2. The highest BCUT2D eigenvalue weighted by Crippen LogP contribution is 2.30. The van der Waals surface area contributed by atoms with Crippen molar-refractivity contribution in [2.75, 3.05) is 6.61 Å². The highest BCUT2D eigenvalue weighted by atomic mass is 16.5. The van der Waals surface area contributed by atoms with Gasteiger partial charge in [0.25, 0.3) is 0 Å². The molecule has 0 aromatic rings. The Morgan fingerprint density at radius 1 is 1.62 bits per heavy atom. The Kier molecular flexibility index (Phi) is 1.78. The molecule has 4 heteroatoms. The largest absolute Gasteiger partial charge is 0.464 e. The summed E-state index contributed by atoms with van der Waals surface area (Å²) in [5.74, 6) is -0.159. The first-order valence-electron chi connectivity index (χ1n) is 4.61. The molecule has 1 N–H and O–H groups in total. The average molecular weight is 183 g/mol. The lowest BCUT2D eigenvalue weighted by atomic mass is 10.0. The van der Waals surface area contributed by atoms with Crippen molar-refractivity contribution < 1.29 is 14.3 Å². The van der Waals surface area contributed by atoms with Crippen LogP contribution in [0, 0.1) is 5.92 Å². The van der Waals surface area contributed by atoms with E-state index in [0.717, 1.165) is 12.8 Å². The Balaban J connectivity index is 1.98. The fourth-order valence-electron chi connectivity index (χ4n) is 1.44. The summed E-state index contributed by atoms with van der Waals surface area (Å²) in [6.07, 6.45) is 2.50. The average Bonchev–Trinajstić information content (AvgIpc) is 2.82. The number of amides is 1. The van der Waals surface area contributed by atoms with E-state index < -0.39 is 5.54 Å². The number of hydrogen-bond donors (Lipinski definition) is 1. The second-order valence-electron chi connectivity index (χ2n) is 3.98. The number of nitrogens with one attached hydrogen (secondary N) is 1. The van der Waals surface area contributed by atoms with Gasteiger partial charge in [-0.15, -0.1) is 0 Å². The third-order valence-electron chi connectivity index (χ3n) is 2.63. The van der Waals surface area contributed by atoms with Gasteiger partial charge in [-0.1, -0.05) is 0 Å². The fraction of sp³-hybridized carbons (Fsp3) is 0.778. The third-order valence-corrected chi connectivity index (χ3v) is 2.63. The van der Waals surface area contributed by atoms with Gasteiger partial charge < -0.3 is 10.1 Å². The third kappa shape index (κ3) is 1.53. The van der Waals surface area contributed by atoms with E-state index >= 15 is 0 Å². The molecule has 72 valence electrons. The van der Waals surface area contributed by atoms with Crippen molar-refractivity contribution in [1.29, 1.82) is 0 Å². The Bertz CT molecular complexity index is 260. The van der Waals surface area contributed by atoms with Crippen LogP contribution >= 0.6 is 0 Å². The van der Waals surface area contributed by atoms with E-state index in [2.05, 4.69) is 5.32 Å². The molecule has 0 aromatic heterocycles. The van der Waals surface area contributed by atoms with E-state index in [0.29, 0.717) is 13.0 Å². The highest BCUT2D eigenvalue weighted by molar-refractivity contribution is 5.90. The standard InChI is InChI=1S/C9H13NO3/c1-9(4-5-13-8(9)12)10-7(11)6-2-3-6/h6H,2-5H2,1H3,(H,10,11). The minimum Gasteiger partial charge on any atom is -0.464 e. The normalized spacial score (nSPS) is 32.8. The van der Waals surface area contributed by atoms with Crippen LogP contribution < -0.4 is 5.32 Å². The van der Waals surface area contributed by atoms with Crippen molar-refractivity contribution in [2.45, 2.75) is 31.7 Å². The maximum absolute atomic E-state index is 11.4. The molecule has 0 aromatic carbocycles. The van der Waals surface area contributed by atoms with Crippen LogP contribution in [0.3, 0.4) is 0 Å². The molecule has 13 heavy (non-hydrogen) atoms. The second kappa shape index (κ2) is 2.72. The molecule has 0 radical (unpaired) electrons. The van der Waals surface area contributed by atoms with Crippen LogP contribution in [0.5, 0.6) is 0 Å². The summed E-state index contributed by atoms with van der Waals surface area (Å²) in [4.78, 5) is 22.6. The van der Waals surface area contributed by atoms with Crippen LogP contribution in [0.2, 0.25) is 0 Å². The van der Waals surface area contributed by atoms with Crippen molar-refractivity contribution >= 4 is 11.9 Å². The highest BCUT2D eigenvalue weighted by Gasteiger charge is 2.43. The SMILES string of the molecule is CC1(NC(=O)C2CC2)CCOC1=O. The van der Waals surface area contributed by atoms with E-state index in [1.165, 1.54) is 0 Å². The van der Waals surface area contributed by atoms with Crippen molar-refractivity contribution in [1.82, 2.24) is 5.32 Å². The maximum atomic E-state index is 11.4. The maximum Gasteiger partial charge on any atom is 0.331 e. The smallest absolute Gasteiger partial charge is 0.331 e. The van der Waals surface area contributed by atoms with Crippen molar-refractivity contribution in [3.63, 3.8) is 0 Å². The van der Waals surface area contributed by atoms with Crippen LogP contribution in [0.15, 0.2) is 0 Å². The molecule has 1 heterocycles. The zero-order valence-electron chi connectivity index (χ0n) is 7.63. The first-order chi connectivity index (χ1) is 6.12. The summed E-state index contributed by atoms with van der Waals surface area (Å²) in [5, 5.41) is 2.75. The lowest BCUT2D eigenvalue weighted by Crippen LogP contribution is -2.50. The molecular weight excluding hydrogens is 170 g/mol. The first kappa shape index (κ1) is 8.53. The van der Waals surface area contributed by atoms with Gasteiger partial charge in [-0.05, 0) is 19.8 Å². The van der Waals surface area contributed by atoms with E-state index in [9.17, 15) is 9.59 Å². The zero-order chi connectivity index (χ0) is 9.47. The summed E-state index contributed by atoms with van der Waals surface area (Å²) in [6, 6.07) is 0. The van der Waals surface area contributed by atoms with Gasteiger partial charge in [-0.3, -0.25) is 4.79 Å². The van der Waals surface area contributed by atoms with E-state index in [1.807, 2.05) is 0 Å². The Morgan fingerprint density at radius 2 is 2.31 bits per heavy atom. The number of esters is 1. The number of cyclic esters (lactones) is 1. The van der Waals surface area contributed by atoms with Gasteiger partial charge in [-0.25, -0.2) is 4.79 Å². The van der Waals surface area contributed by atoms with Crippen molar-refractivity contribution in [3.8, 4) is 0 Å². The fourth-order valence-corrected chi connectivity index (χ4v) is 1.44. The van der Waals surface area contributed by atoms with Gasteiger partial charge in [0, 0.05) is 12.3 Å². The molecule has 1 saturated carbocycles. The molecule has 0 bridgehead atoms. The number of rotatable bonds is 2. The molecule has 2 rings (SSSR count). The van der Waals surface area contributed by atoms with Gasteiger partial charge in [0.05, 0.1) is 6.61 Å². The number of ether oxygens (including phenoxy) is 1. The summed E-state index contributed by atoms with van der Waals surface area (Å²) >= 11 is 0. The Morgan fingerprint density at radius 3 is 2.77 bits per heavy atom. The first-order valence-corrected chi connectivity index (χ1v) is 4.61. The minimum absolute atomic E-state index is 0.00125. The molecule has 2 aliphatic rings. The summed E-state index contributed by atoms with van der Waals surface area (Å²) in [6.45, 7) is 2.14. The number of carbonyl (C=O) groups is 2. The molecule has 1 amide bonds. The van der Waals surface area contributed by atoms with E-state index in [-0.39, 0.29) is 17.8 Å². The second-order valence-corrected chi connectivity index (χ2v) is 3.98. The Labute approximate surface area is 76.6 Å². The van der Waals surface area contributed by atoms with Crippen molar-refractivity contribution in [3.05, 3.63) is 0 Å². The van der Waals surface area contributed by atoms with Gasteiger partial charge in [0.15, 0.2) is 0 Å². The van der Waals surface area contributed by atoms with Crippen LogP contribution in [-0.2, 0) is 14.3 Å². The lowest BCUT2D eigenvalue weighted by Gasteiger charge is -2.20. The van der Waals surface area contributed by atoms with Gasteiger partial charge >= 0.3 is 5.97 Å². The molecule has 1 atom stereocenters. The molecular formula is C9H13NO3. The van der Waals surface area contributed by atoms with Gasteiger partial charge in [-0.2, -0.15) is 0 Å². The van der Waals surface area contributed by atoms with E-state index in [4.69, 9.17) is 4.74 Å². The Hall–Kier alpha value is -1.06. The molecule has 1 saturated heterocycles. The van der Waals surface area contributed by atoms with E-state index in [1.54, 1.807) is 6.92 Å². The molecule has 1 aliphatic carbocycles. The summed E-state index contributed by atoms with van der Waals surface area (Å²) in [7, 11) is 0. The van der Waals surface area contributed by atoms with Crippen LogP contribution in [0.25, 0.3) is 0 Å². The molecule has 1 aliphatic heterocycles. The summed E-state index contributed by atoms with van der Waals surface area (Å²) < 4.78 is 4.82. The molecule has 4 nitrogen and oxygen atoms in total. The van der Waals surface area contributed by atoms with Crippen LogP contribution in [0.4, 0.5) is 0 Å². The predicted molar refractivity (Wildman–Crippen MR) is 44.8 cm³/mol. The monoisotopic (exact) mass is 183 g/mol. The van der Waals surface area contributed by atoms with Gasteiger partial charge in [0.2, 0.25) is 5.91 Å². The topological polar surface area (TPSA) is 55.4 Å². The predicted octanol–water partition coefficient (Wildman–Crippen LogP) is 0.218. The summed E-state index contributed by atoms with van der Waals surface area (Å²) in [5.41, 5.74) is -0.764. The van der Waals surface area contributed by atoms with Crippen molar-refractivity contribution in [2.24, 2.45) is 5.92 Å². The minimum atomic E-state index is -0.764. The lowest BCUT2D eigenvalue weighted by molar-refractivity contribution is -0.145. The molecule has 0 spiro atoms. The quantitative estimate of drug-likeness (QED) is 0.623. The zero-order valence-corrected chi connectivity index (χ0v) is 7.63. The van der Waals surface area contributed by atoms with Crippen LogP contribution in [-0.4, -0.2) is 24.0 Å².